The van der Waals surface area contributed by atoms with E-state index in [0.717, 1.165) is 5.57 Å². The monoisotopic (exact) mass is 434 g/mol. The predicted molar refractivity (Wildman–Crippen MR) is 109 cm³/mol. The summed E-state index contributed by atoms with van der Waals surface area (Å²) in [5, 5.41) is 21.2. The molecule has 8 atom stereocenters. The molecule has 3 saturated carbocycles. The normalized spacial score (nSPS) is 52.1. The fourth-order valence-electron chi connectivity index (χ4n) is 7.93. The number of carbonyl (C=O) groups excluding carboxylic acids is 2. The van der Waals surface area contributed by atoms with Crippen LogP contribution in [0, 0.1) is 22.7 Å². The molecule has 31 heavy (non-hydrogen) atoms. The summed E-state index contributed by atoms with van der Waals surface area (Å²) in [4.78, 5) is 25.1. The maximum Gasteiger partial charge on any atom is 0.193 e. The summed E-state index contributed by atoms with van der Waals surface area (Å²) in [6.45, 7) is 6.41. The molecule has 4 aliphatic carbocycles. The molecule has 4 fully saturated rings. The lowest BCUT2D eigenvalue weighted by atomic mass is 9.44. The number of carbonyl (C=O) groups is 2. The number of alkyl halides is 1. The Morgan fingerprint density at radius 1 is 1.26 bits per heavy atom. The number of hydrogen-bond acceptors (Lipinski definition) is 6. The molecule has 0 amide bonds. The van der Waals surface area contributed by atoms with Gasteiger partial charge in [0.25, 0.3) is 0 Å². The molecule has 1 saturated heterocycles. The van der Waals surface area contributed by atoms with Crippen LogP contribution in [0.2, 0.25) is 0 Å². The van der Waals surface area contributed by atoms with Gasteiger partial charge in [-0.15, -0.1) is 0 Å². The Labute approximate surface area is 181 Å². The van der Waals surface area contributed by atoms with Crippen LogP contribution in [0.1, 0.15) is 53.4 Å². The summed E-state index contributed by atoms with van der Waals surface area (Å²) in [6, 6.07) is 0. The van der Waals surface area contributed by atoms with Crippen LogP contribution in [-0.2, 0) is 19.1 Å². The first-order valence-corrected chi connectivity index (χ1v) is 11.2. The zero-order valence-electron chi connectivity index (χ0n) is 18.5. The minimum Gasteiger partial charge on any atom is -0.390 e. The van der Waals surface area contributed by atoms with Crippen molar-refractivity contribution in [2.45, 2.75) is 82.6 Å². The third kappa shape index (κ3) is 2.31. The first-order valence-electron chi connectivity index (χ1n) is 11.2. The minimum absolute atomic E-state index is 0.0109. The van der Waals surface area contributed by atoms with Crippen LogP contribution in [0.15, 0.2) is 23.8 Å². The van der Waals surface area contributed by atoms with Crippen LogP contribution in [0.5, 0.6) is 0 Å². The minimum atomic E-state index is -1.98. The summed E-state index contributed by atoms with van der Waals surface area (Å²) < 4.78 is 29.5. The van der Waals surface area contributed by atoms with E-state index in [4.69, 9.17) is 9.47 Å². The molecule has 1 heterocycles. The molecule has 7 heteroatoms. The molecule has 6 nitrogen and oxygen atoms in total. The number of aliphatic hydroxyl groups excluding tert-OH is 2. The van der Waals surface area contributed by atoms with Gasteiger partial charge in [-0.2, -0.15) is 0 Å². The van der Waals surface area contributed by atoms with Gasteiger partial charge in [-0.1, -0.05) is 18.6 Å². The number of allylic oxidation sites excluding steroid dienone is 4. The van der Waals surface area contributed by atoms with E-state index in [1.807, 2.05) is 6.92 Å². The fraction of sp³-hybridized carbons (Fsp3) is 0.750. The van der Waals surface area contributed by atoms with Gasteiger partial charge in [0.1, 0.15) is 6.61 Å². The second-order valence-corrected chi connectivity index (χ2v) is 10.9. The van der Waals surface area contributed by atoms with E-state index in [9.17, 15) is 19.8 Å². The van der Waals surface area contributed by atoms with Gasteiger partial charge in [0.2, 0.25) is 0 Å². The van der Waals surface area contributed by atoms with E-state index < -0.39 is 58.4 Å². The van der Waals surface area contributed by atoms with Gasteiger partial charge in [-0.3, -0.25) is 9.59 Å². The number of Topliss-reactive ketones (excluding diaryl/α,β-unsaturated/α-hetero) is 1. The number of halogens is 1. The van der Waals surface area contributed by atoms with Gasteiger partial charge < -0.3 is 19.7 Å². The molecule has 0 aromatic carbocycles. The van der Waals surface area contributed by atoms with Gasteiger partial charge in [0.15, 0.2) is 28.6 Å². The molecule has 0 bridgehead atoms. The molecule has 0 radical (unpaired) electrons. The average Bonchev–Trinajstić information content (AvgIpc) is 3.09. The van der Waals surface area contributed by atoms with Crippen LogP contribution < -0.4 is 0 Å². The van der Waals surface area contributed by atoms with E-state index in [1.54, 1.807) is 26.8 Å². The van der Waals surface area contributed by atoms with Gasteiger partial charge in [0.05, 0.1) is 12.2 Å². The van der Waals surface area contributed by atoms with Crippen LogP contribution in [-0.4, -0.2) is 57.7 Å². The summed E-state index contributed by atoms with van der Waals surface area (Å²) in [6.07, 6.45) is 4.00. The van der Waals surface area contributed by atoms with Crippen molar-refractivity contribution in [3.8, 4) is 0 Å². The standard InChI is InChI=1S/C24H31FO6/c1-20(2)30-19-10-16-15-6-5-13-9-14(27)7-8-21(13,3)23(15,25)17(28)11-22(16,4)24(19,31-20)18(29)12-26/h7-9,15-17,19,26,28H,5-6,10-12H2,1-4H3/t15?,16?,17?,19-,21?,22?,23+,24-/m1/s1. The molecule has 5 rings (SSSR count). The van der Waals surface area contributed by atoms with Crippen molar-refractivity contribution in [2.24, 2.45) is 22.7 Å². The Bertz CT molecular complexity index is 925. The predicted octanol–water partition coefficient (Wildman–Crippen LogP) is 2.42. The zero-order chi connectivity index (χ0) is 22.6. The first-order chi connectivity index (χ1) is 14.4. The Kier molecular flexibility index (Phi) is 4.24. The van der Waals surface area contributed by atoms with Crippen LogP contribution in [0.25, 0.3) is 0 Å². The van der Waals surface area contributed by atoms with Crippen molar-refractivity contribution in [1.82, 2.24) is 0 Å². The highest BCUT2D eigenvalue weighted by Crippen LogP contribution is 2.72. The van der Waals surface area contributed by atoms with Crippen molar-refractivity contribution < 1.29 is 33.7 Å². The molecular weight excluding hydrogens is 403 g/mol. The van der Waals surface area contributed by atoms with Crippen molar-refractivity contribution in [3.63, 3.8) is 0 Å². The van der Waals surface area contributed by atoms with Crippen LogP contribution in [0.4, 0.5) is 4.39 Å². The van der Waals surface area contributed by atoms with Crippen molar-refractivity contribution in [3.05, 3.63) is 23.8 Å². The van der Waals surface area contributed by atoms with E-state index in [0.29, 0.717) is 19.3 Å². The molecule has 2 N–H and O–H groups in total. The molecule has 1 aliphatic heterocycles. The lowest BCUT2D eigenvalue weighted by Gasteiger charge is -2.62. The highest BCUT2D eigenvalue weighted by atomic mass is 19.1. The van der Waals surface area contributed by atoms with Crippen molar-refractivity contribution in [1.29, 1.82) is 0 Å². The van der Waals surface area contributed by atoms with Gasteiger partial charge in [-0.05, 0) is 64.5 Å². The third-order valence-electron chi connectivity index (χ3n) is 9.19. The van der Waals surface area contributed by atoms with E-state index in [1.165, 1.54) is 12.2 Å². The largest absolute Gasteiger partial charge is 0.390 e. The molecule has 0 spiro atoms. The first kappa shape index (κ1) is 21.4. The summed E-state index contributed by atoms with van der Waals surface area (Å²) in [5.74, 6) is -2.46. The Hall–Kier alpha value is -1.41. The van der Waals surface area contributed by atoms with Crippen LogP contribution >= 0.6 is 0 Å². The third-order valence-corrected chi connectivity index (χ3v) is 9.19. The maximum absolute atomic E-state index is 17.1. The Balaban J connectivity index is 1.64. The summed E-state index contributed by atoms with van der Waals surface area (Å²) in [7, 11) is 0. The molecule has 5 unspecified atom stereocenters. The fourth-order valence-corrected chi connectivity index (χ4v) is 7.93. The second kappa shape index (κ2) is 6.13. The number of ether oxygens (including phenoxy) is 2. The SMILES string of the molecule is CC1(C)O[C@@H]2CC3C4CCC5=CC(=O)C=CC5(C)[C@@]4(F)C(O)CC3(C)[C@]2(C(=O)CO)O1. The zero-order valence-corrected chi connectivity index (χ0v) is 18.5. The van der Waals surface area contributed by atoms with Crippen molar-refractivity contribution in [2.75, 3.05) is 6.61 Å². The molecular formula is C24H31FO6. The maximum atomic E-state index is 17.1. The number of fused-ring (bicyclic) bond motifs is 7. The quantitative estimate of drug-likeness (QED) is 0.694. The van der Waals surface area contributed by atoms with E-state index in [2.05, 4.69) is 0 Å². The van der Waals surface area contributed by atoms with E-state index >= 15 is 4.39 Å². The summed E-state index contributed by atoms with van der Waals surface area (Å²) >= 11 is 0. The second-order valence-electron chi connectivity index (χ2n) is 10.9. The topological polar surface area (TPSA) is 93.1 Å². The van der Waals surface area contributed by atoms with E-state index in [-0.39, 0.29) is 18.1 Å². The Morgan fingerprint density at radius 2 is 1.97 bits per heavy atom. The highest BCUT2D eigenvalue weighted by molar-refractivity contribution is 6.01. The lowest BCUT2D eigenvalue weighted by molar-refractivity contribution is -0.246. The number of aliphatic hydroxyl groups is 2. The number of ketones is 2. The average molecular weight is 435 g/mol. The van der Waals surface area contributed by atoms with Gasteiger partial charge in [-0.25, -0.2) is 4.39 Å². The molecule has 0 aromatic rings. The molecule has 170 valence electrons. The lowest BCUT2D eigenvalue weighted by Crippen LogP contribution is -2.70. The molecule has 5 aliphatic rings. The smallest absolute Gasteiger partial charge is 0.193 e. The van der Waals surface area contributed by atoms with Gasteiger partial charge in [0, 0.05) is 16.7 Å². The van der Waals surface area contributed by atoms with Crippen molar-refractivity contribution >= 4 is 11.6 Å². The number of hydrogen-bond donors (Lipinski definition) is 2. The summed E-state index contributed by atoms with van der Waals surface area (Å²) in [5.41, 5.74) is -4.66. The van der Waals surface area contributed by atoms with Crippen LogP contribution in [0.3, 0.4) is 0 Å². The molecule has 0 aromatic heterocycles. The van der Waals surface area contributed by atoms with Gasteiger partial charge >= 0.3 is 0 Å². The Morgan fingerprint density at radius 3 is 2.65 bits per heavy atom. The number of rotatable bonds is 2. The highest BCUT2D eigenvalue weighted by Gasteiger charge is 2.79.